The van der Waals surface area contributed by atoms with Crippen LogP contribution in [0.1, 0.15) is 77.6 Å². The van der Waals surface area contributed by atoms with Gasteiger partial charge in [-0.3, -0.25) is 0 Å². The van der Waals surface area contributed by atoms with E-state index in [4.69, 9.17) is 18.5 Å². The van der Waals surface area contributed by atoms with Gasteiger partial charge in [0, 0.05) is 11.1 Å². The molecular weight excluding hydrogens is 463 g/mol. The summed E-state index contributed by atoms with van der Waals surface area (Å²) in [5.74, 6) is -0.0321. The van der Waals surface area contributed by atoms with Crippen molar-refractivity contribution in [3.63, 3.8) is 0 Å². The van der Waals surface area contributed by atoms with Gasteiger partial charge in [-0.25, -0.2) is 9.59 Å². The summed E-state index contributed by atoms with van der Waals surface area (Å²) in [5.41, 5.74) is 3.70. The average molecular weight is 503 g/mol. The summed E-state index contributed by atoms with van der Waals surface area (Å²) < 4.78 is 22.3. The second kappa shape index (κ2) is 11.6. The molecule has 0 aliphatic rings. The standard InChI is InChI=1S/C28H39O6P/c1-17-11-13-23(21(15-17)27(5,6)7)31-25(29)19(3)33-35-34-20(4)26(30)32-24-14-12-18(2)16-22(24)28(8,9)10/h11-16,19-20,35H,1-10H3. The van der Waals surface area contributed by atoms with E-state index in [1.54, 1.807) is 26.0 Å². The van der Waals surface area contributed by atoms with E-state index < -0.39 is 33.2 Å². The lowest BCUT2D eigenvalue weighted by Gasteiger charge is -2.24. The number of benzene rings is 2. The van der Waals surface area contributed by atoms with Crippen LogP contribution in [0.3, 0.4) is 0 Å². The molecule has 2 rings (SSSR count). The highest BCUT2D eigenvalue weighted by molar-refractivity contribution is 7.26. The normalized spacial score (nSPS) is 14.1. The van der Waals surface area contributed by atoms with Gasteiger partial charge in [0.15, 0.2) is 21.2 Å². The first kappa shape index (κ1) is 29.0. The van der Waals surface area contributed by atoms with Crippen molar-refractivity contribution in [3.8, 4) is 11.5 Å². The summed E-state index contributed by atoms with van der Waals surface area (Å²) in [7, 11) is -0.533. The Morgan fingerprint density at radius 3 is 1.34 bits per heavy atom. The lowest BCUT2D eigenvalue weighted by molar-refractivity contribution is -0.142. The van der Waals surface area contributed by atoms with Gasteiger partial charge < -0.3 is 18.5 Å². The van der Waals surface area contributed by atoms with Gasteiger partial charge >= 0.3 is 11.9 Å². The van der Waals surface area contributed by atoms with E-state index in [0.29, 0.717) is 11.5 Å². The Labute approximate surface area is 211 Å². The largest absolute Gasteiger partial charge is 0.424 e. The van der Waals surface area contributed by atoms with Gasteiger partial charge in [0.25, 0.3) is 0 Å². The quantitative estimate of drug-likeness (QED) is 0.226. The number of ether oxygens (including phenoxy) is 2. The molecule has 0 saturated heterocycles. The highest BCUT2D eigenvalue weighted by Gasteiger charge is 2.26. The molecule has 2 atom stereocenters. The fraction of sp³-hybridized carbons (Fsp3) is 0.500. The molecule has 0 N–H and O–H groups in total. The third kappa shape index (κ3) is 8.42. The SMILES string of the molecule is Cc1ccc(OC(=O)C(C)OPOC(C)C(=O)Oc2ccc(C)cc2C(C)(C)C)c(C(C)(C)C)c1. The first-order valence-electron chi connectivity index (χ1n) is 11.8. The van der Waals surface area contributed by atoms with E-state index in [1.165, 1.54) is 0 Å². The lowest BCUT2D eigenvalue weighted by Crippen LogP contribution is -2.27. The molecule has 0 radical (unpaired) electrons. The van der Waals surface area contributed by atoms with Gasteiger partial charge in [0.1, 0.15) is 11.5 Å². The van der Waals surface area contributed by atoms with E-state index in [9.17, 15) is 9.59 Å². The molecule has 0 aliphatic heterocycles. The van der Waals surface area contributed by atoms with Crippen LogP contribution in [-0.4, -0.2) is 24.1 Å². The minimum atomic E-state index is -0.865. The summed E-state index contributed by atoms with van der Waals surface area (Å²) in [5, 5.41) is 0. The molecule has 0 saturated carbocycles. The van der Waals surface area contributed by atoms with Crippen LogP contribution < -0.4 is 9.47 Å². The van der Waals surface area contributed by atoms with E-state index in [2.05, 4.69) is 41.5 Å². The summed E-state index contributed by atoms with van der Waals surface area (Å²) in [6, 6.07) is 11.4. The molecular formula is C28H39O6P. The molecule has 35 heavy (non-hydrogen) atoms. The Balaban J connectivity index is 1.92. The summed E-state index contributed by atoms with van der Waals surface area (Å²) in [4.78, 5) is 25.2. The van der Waals surface area contributed by atoms with Crippen LogP contribution in [0, 0.1) is 13.8 Å². The maximum Gasteiger partial charge on any atom is 0.340 e. The zero-order valence-corrected chi connectivity index (χ0v) is 23.6. The highest BCUT2D eigenvalue weighted by Crippen LogP contribution is 2.34. The monoisotopic (exact) mass is 502 g/mol. The molecule has 0 amide bonds. The van der Waals surface area contributed by atoms with Crippen LogP contribution in [-0.2, 0) is 29.5 Å². The van der Waals surface area contributed by atoms with E-state index in [0.717, 1.165) is 22.3 Å². The van der Waals surface area contributed by atoms with E-state index in [-0.39, 0.29) is 10.8 Å². The van der Waals surface area contributed by atoms with Gasteiger partial charge in [0.2, 0.25) is 0 Å². The van der Waals surface area contributed by atoms with Crippen LogP contribution in [0.4, 0.5) is 0 Å². The second-order valence-electron chi connectivity index (χ2n) is 10.9. The smallest absolute Gasteiger partial charge is 0.340 e. The molecule has 0 aliphatic carbocycles. The van der Waals surface area contributed by atoms with Crippen LogP contribution in [0.25, 0.3) is 0 Å². The number of carbonyl (C=O) groups is 2. The molecule has 7 heteroatoms. The third-order valence-corrected chi connectivity index (χ3v) is 6.32. The number of hydrogen-bond acceptors (Lipinski definition) is 6. The predicted molar refractivity (Wildman–Crippen MR) is 140 cm³/mol. The fourth-order valence-corrected chi connectivity index (χ4v) is 3.83. The fourth-order valence-electron chi connectivity index (χ4n) is 3.29. The zero-order valence-electron chi connectivity index (χ0n) is 22.6. The maximum atomic E-state index is 12.6. The van der Waals surface area contributed by atoms with Crippen molar-refractivity contribution >= 4 is 21.0 Å². The van der Waals surface area contributed by atoms with Crippen molar-refractivity contribution in [1.29, 1.82) is 0 Å². The first-order valence-corrected chi connectivity index (χ1v) is 12.6. The van der Waals surface area contributed by atoms with Gasteiger partial charge in [-0.05, 0) is 50.7 Å². The van der Waals surface area contributed by atoms with E-state index >= 15 is 0 Å². The van der Waals surface area contributed by atoms with Gasteiger partial charge in [-0.1, -0.05) is 76.9 Å². The average Bonchev–Trinajstić information content (AvgIpc) is 2.74. The molecule has 0 spiro atoms. The van der Waals surface area contributed by atoms with Crippen LogP contribution in [0.5, 0.6) is 11.5 Å². The van der Waals surface area contributed by atoms with Gasteiger partial charge in [-0.15, -0.1) is 0 Å². The summed E-state index contributed by atoms with van der Waals surface area (Å²) >= 11 is 0. The van der Waals surface area contributed by atoms with Crippen LogP contribution in [0.2, 0.25) is 0 Å². The maximum absolute atomic E-state index is 12.6. The first-order chi connectivity index (χ1) is 16.1. The Morgan fingerprint density at radius 1 is 0.686 bits per heavy atom. The molecule has 192 valence electrons. The van der Waals surface area contributed by atoms with Crippen molar-refractivity contribution in [2.75, 3.05) is 0 Å². The summed E-state index contributed by atoms with van der Waals surface area (Å²) in [6.07, 6.45) is -1.73. The molecule has 0 bridgehead atoms. The third-order valence-electron chi connectivity index (χ3n) is 5.42. The number of hydrogen-bond donors (Lipinski definition) is 0. The predicted octanol–water partition coefficient (Wildman–Crippen LogP) is 6.73. The Bertz CT molecular complexity index is 965. The minimum absolute atomic E-state index is 0.184. The second-order valence-corrected chi connectivity index (χ2v) is 11.6. The zero-order chi connectivity index (χ0) is 26.6. The molecule has 2 aromatic carbocycles. The van der Waals surface area contributed by atoms with Crippen molar-refractivity contribution < 1.29 is 28.1 Å². The molecule has 6 nitrogen and oxygen atoms in total. The van der Waals surface area contributed by atoms with Crippen LogP contribution in [0.15, 0.2) is 36.4 Å². The number of carbonyl (C=O) groups excluding carboxylic acids is 2. The molecule has 0 fully saturated rings. The van der Waals surface area contributed by atoms with E-state index in [1.807, 2.05) is 38.1 Å². The molecule has 0 aromatic heterocycles. The van der Waals surface area contributed by atoms with Crippen molar-refractivity contribution in [1.82, 2.24) is 0 Å². The van der Waals surface area contributed by atoms with Crippen molar-refractivity contribution in [2.24, 2.45) is 0 Å². The lowest BCUT2D eigenvalue weighted by atomic mass is 9.85. The molecule has 2 unspecified atom stereocenters. The highest BCUT2D eigenvalue weighted by atomic mass is 31.1. The molecule has 2 aromatic rings. The Morgan fingerprint density at radius 2 is 1.03 bits per heavy atom. The van der Waals surface area contributed by atoms with Crippen molar-refractivity contribution in [3.05, 3.63) is 58.7 Å². The summed E-state index contributed by atoms with van der Waals surface area (Å²) in [6.45, 7) is 19.6. The molecule has 0 heterocycles. The number of esters is 2. The van der Waals surface area contributed by atoms with Crippen molar-refractivity contribution in [2.45, 2.75) is 92.3 Å². The number of rotatable bonds is 8. The van der Waals surface area contributed by atoms with Gasteiger partial charge in [-0.2, -0.15) is 0 Å². The minimum Gasteiger partial charge on any atom is -0.424 e. The Kier molecular flexibility index (Phi) is 9.63. The topological polar surface area (TPSA) is 71.1 Å². The van der Waals surface area contributed by atoms with Gasteiger partial charge in [0.05, 0.1) is 0 Å². The van der Waals surface area contributed by atoms with Crippen LogP contribution >= 0.6 is 9.03 Å². The number of aryl methyl sites for hydroxylation is 2. The Hall–Kier alpha value is -2.27.